The summed E-state index contributed by atoms with van der Waals surface area (Å²) in [6.07, 6.45) is 3.61. The van der Waals surface area contributed by atoms with E-state index in [9.17, 15) is 4.79 Å². The maximum Gasteiger partial charge on any atom is 0.255 e. The number of nitrogens with one attached hydrogen (secondary N) is 1. The maximum absolute atomic E-state index is 12.4. The van der Waals surface area contributed by atoms with E-state index in [0.29, 0.717) is 29.4 Å². The van der Waals surface area contributed by atoms with Crippen molar-refractivity contribution in [2.45, 2.75) is 13.5 Å². The Morgan fingerprint density at radius 3 is 2.72 bits per heavy atom. The van der Waals surface area contributed by atoms with E-state index in [4.69, 9.17) is 9.15 Å². The summed E-state index contributed by atoms with van der Waals surface area (Å²) < 4.78 is 12.8. The standard InChI is InChI=1S/C22H20N4O3/c1-15-20(14-26-12-4-11-23-26)25-22(29-15)16-7-9-18(10-8-16)24-21(27)17-5-3-6-19(13-17)28-2/h3-13H,14H2,1-2H3,(H,24,27). The molecule has 0 radical (unpaired) electrons. The Kier molecular flexibility index (Phi) is 5.11. The van der Waals surface area contributed by atoms with Crippen LogP contribution >= 0.6 is 0 Å². The Labute approximate surface area is 168 Å². The van der Waals surface area contributed by atoms with Crippen LogP contribution in [0.15, 0.2) is 71.4 Å². The molecule has 7 heteroatoms. The molecule has 29 heavy (non-hydrogen) atoms. The zero-order valence-corrected chi connectivity index (χ0v) is 16.1. The highest BCUT2D eigenvalue weighted by molar-refractivity contribution is 6.04. The molecule has 4 aromatic rings. The molecule has 0 aliphatic rings. The monoisotopic (exact) mass is 388 g/mol. The van der Waals surface area contributed by atoms with Crippen LogP contribution in [0.5, 0.6) is 5.75 Å². The third-order valence-electron chi connectivity index (χ3n) is 4.49. The summed E-state index contributed by atoms with van der Waals surface area (Å²) in [4.78, 5) is 17.0. The van der Waals surface area contributed by atoms with Crippen LogP contribution in [0.3, 0.4) is 0 Å². The van der Waals surface area contributed by atoms with Crippen LogP contribution in [0.2, 0.25) is 0 Å². The lowest BCUT2D eigenvalue weighted by molar-refractivity contribution is 0.102. The lowest BCUT2D eigenvalue weighted by atomic mass is 10.1. The third-order valence-corrected chi connectivity index (χ3v) is 4.49. The van der Waals surface area contributed by atoms with Crippen molar-refractivity contribution in [3.05, 3.63) is 84.0 Å². The first-order valence-corrected chi connectivity index (χ1v) is 9.12. The number of anilines is 1. The molecule has 7 nitrogen and oxygen atoms in total. The highest BCUT2D eigenvalue weighted by Crippen LogP contribution is 2.24. The fourth-order valence-electron chi connectivity index (χ4n) is 2.91. The molecule has 0 spiro atoms. The molecule has 0 saturated heterocycles. The van der Waals surface area contributed by atoms with Crippen LogP contribution in [-0.4, -0.2) is 27.8 Å². The van der Waals surface area contributed by atoms with Crippen LogP contribution in [0.4, 0.5) is 5.69 Å². The molecule has 146 valence electrons. The van der Waals surface area contributed by atoms with E-state index in [2.05, 4.69) is 15.4 Å². The fourth-order valence-corrected chi connectivity index (χ4v) is 2.91. The van der Waals surface area contributed by atoms with Gasteiger partial charge in [-0.05, 0) is 55.5 Å². The number of methoxy groups -OCH3 is 1. The van der Waals surface area contributed by atoms with Crippen LogP contribution in [-0.2, 0) is 6.54 Å². The molecule has 1 amide bonds. The van der Waals surface area contributed by atoms with Gasteiger partial charge in [0, 0.05) is 29.2 Å². The van der Waals surface area contributed by atoms with Crippen LogP contribution in [0, 0.1) is 6.92 Å². The normalized spacial score (nSPS) is 10.7. The van der Waals surface area contributed by atoms with Gasteiger partial charge in [0.25, 0.3) is 5.91 Å². The molecule has 2 aromatic heterocycles. The number of ether oxygens (including phenoxy) is 1. The second-order valence-electron chi connectivity index (χ2n) is 6.49. The fraction of sp³-hybridized carbons (Fsp3) is 0.136. The van der Waals surface area contributed by atoms with Gasteiger partial charge in [-0.3, -0.25) is 9.48 Å². The first kappa shape index (κ1) is 18.5. The summed E-state index contributed by atoms with van der Waals surface area (Å²) in [5, 5.41) is 7.07. The van der Waals surface area contributed by atoms with Crippen molar-refractivity contribution in [2.24, 2.45) is 0 Å². The number of aromatic nitrogens is 3. The zero-order valence-electron chi connectivity index (χ0n) is 16.1. The van der Waals surface area contributed by atoms with Gasteiger partial charge in [0.1, 0.15) is 17.2 Å². The molecule has 4 rings (SSSR count). The summed E-state index contributed by atoms with van der Waals surface area (Å²) >= 11 is 0. The molecule has 0 aliphatic heterocycles. The van der Waals surface area contributed by atoms with E-state index in [-0.39, 0.29) is 5.91 Å². The van der Waals surface area contributed by atoms with Gasteiger partial charge in [-0.1, -0.05) is 6.07 Å². The Morgan fingerprint density at radius 1 is 1.17 bits per heavy atom. The van der Waals surface area contributed by atoms with Crippen molar-refractivity contribution >= 4 is 11.6 Å². The Hall–Kier alpha value is -3.87. The summed E-state index contributed by atoms with van der Waals surface area (Å²) in [5.41, 5.74) is 2.87. The number of carbonyl (C=O) groups is 1. The van der Waals surface area contributed by atoms with E-state index in [1.54, 1.807) is 42.3 Å². The number of benzene rings is 2. The number of carbonyl (C=O) groups excluding carboxylic acids is 1. The van der Waals surface area contributed by atoms with Crippen molar-refractivity contribution in [3.63, 3.8) is 0 Å². The van der Waals surface area contributed by atoms with Crippen molar-refractivity contribution in [1.82, 2.24) is 14.8 Å². The van der Waals surface area contributed by atoms with Crippen molar-refractivity contribution < 1.29 is 13.9 Å². The molecule has 1 N–H and O–H groups in total. The molecule has 2 heterocycles. The van der Waals surface area contributed by atoms with Crippen molar-refractivity contribution in [1.29, 1.82) is 0 Å². The summed E-state index contributed by atoms with van der Waals surface area (Å²) in [7, 11) is 1.57. The molecule has 0 fully saturated rings. The number of rotatable bonds is 6. The SMILES string of the molecule is COc1cccc(C(=O)Nc2ccc(-c3nc(Cn4cccn4)c(C)o3)cc2)c1. The van der Waals surface area contributed by atoms with Gasteiger partial charge < -0.3 is 14.5 Å². The third kappa shape index (κ3) is 4.19. The quantitative estimate of drug-likeness (QED) is 0.536. The minimum Gasteiger partial charge on any atom is -0.497 e. The molecule has 0 bridgehead atoms. The van der Waals surface area contributed by atoms with Crippen LogP contribution in [0.1, 0.15) is 21.8 Å². The van der Waals surface area contributed by atoms with E-state index >= 15 is 0 Å². The number of hydrogen-bond acceptors (Lipinski definition) is 5. The van der Waals surface area contributed by atoms with E-state index in [1.807, 2.05) is 43.5 Å². The number of amides is 1. The van der Waals surface area contributed by atoms with Gasteiger partial charge in [0.05, 0.1) is 13.7 Å². The minimum absolute atomic E-state index is 0.204. The predicted molar refractivity (Wildman–Crippen MR) is 109 cm³/mol. The van der Waals surface area contributed by atoms with Crippen LogP contribution < -0.4 is 10.1 Å². The number of oxazole rings is 1. The first-order valence-electron chi connectivity index (χ1n) is 9.12. The van der Waals surface area contributed by atoms with E-state index in [1.165, 1.54) is 0 Å². The smallest absolute Gasteiger partial charge is 0.255 e. The average Bonchev–Trinajstić information content (AvgIpc) is 3.39. The van der Waals surface area contributed by atoms with Gasteiger partial charge in [0.2, 0.25) is 5.89 Å². The Balaban J connectivity index is 1.47. The highest BCUT2D eigenvalue weighted by atomic mass is 16.5. The van der Waals surface area contributed by atoms with Gasteiger partial charge in [0.15, 0.2) is 0 Å². The van der Waals surface area contributed by atoms with E-state index in [0.717, 1.165) is 17.0 Å². The number of aryl methyl sites for hydroxylation is 1. The Bertz CT molecular complexity index is 1120. The molecule has 2 aromatic carbocycles. The van der Waals surface area contributed by atoms with Crippen molar-refractivity contribution in [2.75, 3.05) is 12.4 Å². The largest absolute Gasteiger partial charge is 0.497 e. The zero-order chi connectivity index (χ0) is 20.2. The number of hydrogen-bond donors (Lipinski definition) is 1. The molecule has 0 aliphatic carbocycles. The molecular weight excluding hydrogens is 368 g/mol. The predicted octanol–water partition coefficient (Wildman–Crippen LogP) is 4.16. The topological polar surface area (TPSA) is 82.2 Å². The Morgan fingerprint density at radius 2 is 2.00 bits per heavy atom. The summed E-state index contributed by atoms with van der Waals surface area (Å²) in [6, 6.07) is 16.2. The van der Waals surface area contributed by atoms with Gasteiger partial charge in [-0.2, -0.15) is 5.10 Å². The molecule has 0 unspecified atom stereocenters. The highest BCUT2D eigenvalue weighted by Gasteiger charge is 2.13. The average molecular weight is 388 g/mol. The van der Waals surface area contributed by atoms with Gasteiger partial charge in [-0.25, -0.2) is 4.98 Å². The minimum atomic E-state index is -0.204. The lowest BCUT2D eigenvalue weighted by Crippen LogP contribution is -2.11. The molecule has 0 saturated carbocycles. The summed E-state index contributed by atoms with van der Waals surface area (Å²) in [5.74, 6) is 1.73. The van der Waals surface area contributed by atoms with Crippen LogP contribution in [0.25, 0.3) is 11.5 Å². The summed E-state index contributed by atoms with van der Waals surface area (Å²) in [6.45, 7) is 2.44. The second-order valence-corrected chi connectivity index (χ2v) is 6.49. The lowest BCUT2D eigenvalue weighted by Gasteiger charge is -2.07. The maximum atomic E-state index is 12.4. The van der Waals surface area contributed by atoms with E-state index < -0.39 is 0 Å². The van der Waals surface area contributed by atoms with Gasteiger partial charge in [-0.15, -0.1) is 0 Å². The molecular formula is C22H20N4O3. The second kappa shape index (κ2) is 8.02. The first-order chi connectivity index (χ1) is 14.1. The molecule has 0 atom stereocenters. The van der Waals surface area contributed by atoms with Crippen molar-refractivity contribution in [3.8, 4) is 17.2 Å². The van der Waals surface area contributed by atoms with Gasteiger partial charge >= 0.3 is 0 Å². The number of nitrogens with zero attached hydrogens (tertiary/aromatic N) is 3.